The van der Waals surface area contributed by atoms with Crippen molar-refractivity contribution in [3.8, 4) is 0 Å². The van der Waals surface area contributed by atoms with E-state index in [-0.39, 0.29) is 4.32 Å². The van der Waals surface area contributed by atoms with Crippen LogP contribution in [0.1, 0.15) is 41.6 Å². The first-order chi connectivity index (χ1) is 7.17. The van der Waals surface area contributed by atoms with Gasteiger partial charge in [-0.15, -0.1) is 0 Å². The quantitative estimate of drug-likeness (QED) is 0.585. The number of benzene rings is 1. The van der Waals surface area contributed by atoms with Crippen molar-refractivity contribution in [1.82, 2.24) is 0 Å². The molecule has 0 amide bonds. The Bertz CT molecular complexity index is 383. The number of halogens is 2. The van der Waals surface area contributed by atoms with E-state index in [1.807, 2.05) is 12.1 Å². The van der Waals surface area contributed by atoms with Gasteiger partial charge in [-0.1, -0.05) is 52.5 Å². The standard InChI is InChI=1S/C12H12BrClO/c13-12(6-1-2-7-12)10-4-3-5-11(14)9(10)8-15/h3-5,8H,1-2,6-7H2. The lowest BCUT2D eigenvalue weighted by Gasteiger charge is -2.23. The molecule has 1 aromatic rings. The Morgan fingerprint density at radius 3 is 2.60 bits per heavy atom. The highest BCUT2D eigenvalue weighted by Gasteiger charge is 2.34. The number of hydrogen-bond acceptors (Lipinski definition) is 1. The van der Waals surface area contributed by atoms with Gasteiger partial charge in [-0.3, -0.25) is 4.79 Å². The van der Waals surface area contributed by atoms with Gasteiger partial charge >= 0.3 is 0 Å². The number of hydrogen-bond donors (Lipinski definition) is 0. The second-order valence-corrected chi connectivity index (χ2v) is 5.92. The summed E-state index contributed by atoms with van der Waals surface area (Å²) in [6, 6.07) is 5.67. The summed E-state index contributed by atoms with van der Waals surface area (Å²) in [6.07, 6.45) is 5.42. The molecule has 1 aromatic carbocycles. The fourth-order valence-corrected chi connectivity index (χ4v) is 3.38. The van der Waals surface area contributed by atoms with Gasteiger partial charge in [0, 0.05) is 5.56 Å². The zero-order valence-electron chi connectivity index (χ0n) is 8.30. The molecule has 0 unspecified atom stereocenters. The second-order valence-electron chi connectivity index (χ2n) is 3.99. The van der Waals surface area contributed by atoms with Gasteiger partial charge in [0.1, 0.15) is 0 Å². The summed E-state index contributed by atoms with van der Waals surface area (Å²) >= 11 is 9.78. The Hall–Kier alpha value is -0.340. The molecule has 1 nitrogen and oxygen atoms in total. The smallest absolute Gasteiger partial charge is 0.151 e. The predicted octanol–water partition coefficient (Wildman–Crippen LogP) is 4.32. The van der Waals surface area contributed by atoms with Crippen molar-refractivity contribution in [2.45, 2.75) is 30.0 Å². The van der Waals surface area contributed by atoms with E-state index in [4.69, 9.17) is 11.6 Å². The summed E-state index contributed by atoms with van der Waals surface area (Å²) in [5.74, 6) is 0. The monoisotopic (exact) mass is 286 g/mol. The molecule has 1 aliphatic carbocycles. The molecule has 2 rings (SSSR count). The average molecular weight is 288 g/mol. The molecule has 0 aliphatic heterocycles. The van der Waals surface area contributed by atoms with Crippen LogP contribution in [0.2, 0.25) is 5.02 Å². The highest BCUT2D eigenvalue weighted by molar-refractivity contribution is 9.09. The maximum Gasteiger partial charge on any atom is 0.151 e. The molecule has 1 fully saturated rings. The molecular formula is C12H12BrClO. The molecule has 0 heterocycles. The van der Waals surface area contributed by atoms with Crippen LogP contribution in [0.5, 0.6) is 0 Å². The van der Waals surface area contributed by atoms with Crippen LogP contribution in [-0.2, 0) is 4.32 Å². The Morgan fingerprint density at radius 2 is 2.00 bits per heavy atom. The van der Waals surface area contributed by atoms with Gasteiger partial charge in [0.05, 0.1) is 9.35 Å². The van der Waals surface area contributed by atoms with Crippen LogP contribution in [-0.4, -0.2) is 6.29 Å². The van der Waals surface area contributed by atoms with Crippen LogP contribution in [0.3, 0.4) is 0 Å². The Kier molecular flexibility index (Phi) is 3.17. The number of carbonyl (C=O) groups is 1. The largest absolute Gasteiger partial charge is 0.298 e. The van der Waals surface area contributed by atoms with Crippen LogP contribution in [0.4, 0.5) is 0 Å². The molecule has 1 saturated carbocycles. The Balaban J connectivity index is 2.51. The SMILES string of the molecule is O=Cc1c(Cl)cccc1C1(Br)CCCC1. The minimum atomic E-state index is -0.0336. The first-order valence-corrected chi connectivity index (χ1v) is 6.27. The molecule has 0 atom stereocenters. The highest BCUT2D eigenvalue weighted by Crippen LogP contribution is 2.47. The van der Waals surface area contributed by atoms with E-state index in [2.05, 4.69) is 15.9 Å². The van der Waals surface area contributed by atoms with Crippen molar-refractivity contribution in [3.05, 3.63) is 34.3 Å². The Morgan fingerprint density at radius 1 is 1.33 bits per heavy atom. The molecule has 80 valence electrons. The molecular weight excluding hydrogens is 275 g/mol. The maximum atomic E-state index is 11.0. The van der Waals surface area contributed by atoms with Crippen molar-refractivity contribution in [2.24, 2.45) is 0 Å². The van der Waals surface area contributed by atoms with Gasteiger partial charge in [0.25, 0.3) is 0 Å². The van der Waals surface area contributed by atoms with E-state index in [1.54, 1.807) is 6.07 Å². The van der Waals surface area contributed by atoms with E-state index in [0.717, 1.165) is 24.7 Å². The Labute approximate surface area is 103 Å². The lowest BCUT2D eigenvalue weighted by Crippen LogP contribution is -2.15. The van der Waals surface area contributed by atoms with E-state index in [9.17, 15) is 4.79 Å². The summed E-state index contributed by atoms with van der Waals surface area (Å²) in [6.45, 7) is 0. The fourth-order valence-electron chi connectivity index (χ4n) is 2.25. The zero-order valence-corrected chi connectivity index (χ0v) is 10.6. The maximum absolute atomic E-state index is 11.0. The van der Waals surface area contributed by atoms with E-state index >= 15 is 0 Å². The minimum absolute atomic E-state index is 0.0336. The summed E-state index contributed by atoms with van der Waals surface area (Å²) in [7, 11) is 0. The normalized spacial score (nSPS) is 19.1. The van der Waals surface area contributed by atoms with Gasteiger partial charge in [-0.05, 0) is 24.5 Å². The van der Waals surface area contributed by atoms with Crippen molar-refractivity contribution in [1.29, 1.82) is 0 Å². The second kappa shape index (κ2) is 4.26. The zero-order chi connectivity index (χ0) is 10.9. The predicted molar refractivity (Wildman–Crippen MR) is 65.9 cm³/mol. The first kappa shape index (κ1) is 11.2. The highest BCUT2D eigenvalue weighted by atomic mass is 79.9. The number of alkyl halides is 1. The van der Waals surface area contributed by atoms with Crippen molar-refractivity contribution < 1.29 is 4.79 Å². The number of rotatable bonds is 2. The van der Waals surface area contributed by atoms with Crippen molar-refractivity contribution in [3.63, 3.8) is 0 Å². The molecule has 3 heteroatoms. The van der Waals surface area contributed by atoms with E-state index in [1.165, 1.54) is 12.8 Å². The van der Waals surface area contributed by atoms with Crippen LogP contribution in [0.25, 0.3) is 0 Å². The third-order valence-corrected chi connectivity index (χ3v) is 4.60. The van der Waals surface area contributed by atoms with Gasteiger partial charge in [0.2, 0.25) is 0 Å². The fraction of sp³-hybridized carbons (Fsp3) is 0.417. The molecule has 0 saturated heterocycles. The van der Waals surface area contributed by atoms with Crippen LogP contribution < -0.4 is 0 Å². The van der Waals surface area contributed by atoms with E-state index < -0.39 is 0 Å². The molecule has 0 radical (unpaired) electrons. The molecule has 0 aromatic heterocycles. The molecule has 1 aliphatic rings. The first-order valence-electron chi connectivity index (χ1n) is 5.10. The number of aldehydes is 1. The lowest BCUT2D eigenvalue weighted by molar-refractivity contribution is 0.112. The average Bonchev–Trinajstić information content (AvgIpc) is 2.66. The van der Waals surface area contributed by atoms with Gasteiger partial charge < -0.3 is 0 Å². The van der Waals surface area contributed by atoms with E-state index in [0.29, 0.717) is 10.6 Å². The van der Waals surface area contributed by atoms with Crippen LogP contribution >= 0.6 is 27.5 Å². The van der Waals surface area contributed by atoms with Crippen LogP contribution in [0.15, 0.2) is 18.2 Å². The summed E-state index contributed by atoms with van der Waals surface area (Å²) in [5, 5.41) is 0.549. The third-order valence-electron chi connectivity index (χ3n) is 3.05. The van der Waals surface area contributed by atoms with Gasteiger partial charge in [-0.2, -0.15) is 0 Å². The minimum Gasteiger partial charge on any atom is -0.298 e. The third kappa shape index (κ3) is 1.98. The lowest BCUT2D eigenvalue weighted by atomic mass is 9.93. The molecule has 0 spiro atoms. The van der Waals surface area contributed by atoms with Gasteiger partial charge in [-0.25, -0.2) is 0 Å². The van der Waals surface area contributed by atoms with Crippen LogP contribution in [0, 0.1) is 0 Å². The molecule has 15 heavy (non-hydrogen) atoms. The topological polar surface area (TPSA) is 17.1 Å². The van der Waals surface area contributed by atoms with Crippen molar-refractivity contribution in [2.75, 3.05) is 0 Å². The summed E-state index contributed by atoms with van der Waals surface area (Å²) in [5.41, 5.74) is 1.68. The molecule has 0 N–H and O–H groups in total. The molecule has 0 bridgehead atoms. The summed E-state index contributed by atoms with van der Waals surface area (Å²) < 4.78 is -0.0336. The number of carbonyl (C=O) groups excluding carboxylic acids is 1. The van der Waals surface area contributed by atoms with Gasteiger partial charge in [0.15, 0.2) is 6.29 Å². The van der Waals surface area contributed by atoms with Crippen molar-refractivity contribution >= 4 is 33.8 Å². The summed E-state index contributed by atoms with van der Waals surface area (Å²) in [4.78, 5) is 11.0.